The number of allylic oxidation sites excluding steroid dienone is 1. The number of pyridine rings is 1. The number of carbonyl (C=O) groups excluding carboxylic acids is 3. The molecule has 0 fully saturated rings. The molecule has 1 unspecified atom stereocenters. The van der Waals surface area contributed by atoms with Crippen molar-refractivity contribution < 1.29 is 33.8 Å². The van der Waals surface area contributed by atoms with E-state index in [2.05, 4.69) is 15.4 Å². The zero-order chi connectivity index (χ0) is 23.6. The summed E-state index contributed by atoms with van der Waals surface area (Å²) in [5, 5.41) is 13.7. The molecule has 0 radical (unpaired) electrons. The molecule has 1 rings (SSSR count). The van der Waals surface area contributed by atoms with E-state index in [9.17, 15) is 24.0 Å². The summed E-state index contributed by atoms with van der Waals surface area (Å²) >= 11 is 0. The van der Waals surface area contributed by atoms with Gasteiger partial charge in [-0.2, -0.15) is 0 Å². The van der Waals surface area contributed by atoms with Crippen LogP contribution in [0.1, 0.15) is 33.6 Å². The van der Waals surface area contributed by atoms with Crippen molar-refractivity contribution >= 4 is 29.6 Å². The summed E-state index contributed by atoms with van der Waals surface area (Å²) in [4.78, 5) is 59.2. The van der Waals surface area contributed by atoms with Crippen LogP contribution in [0.2, 0.25) is 0 Å². The SMILES string of the molecule is COC(=O)C=CCCC(NC(=O)OC(C)(C)C)C(=O)Nc1cccn(CC(=O)O)c1=O. The predicted octanol–water partition coefficient (Wildman–Crippen LogP) is 1.27. The molecule has 0 saturated carbocycles. The first-order valence-electron chi connectivity index (χ1n) is 9.39. The van der Waals surface area contributed by atoms with E-state index < -0.39 is 47.7 Å². The largest absolute Gasteiger partial charge is 0.480 e. The molecule has 1 aromatic rings. The predicted molar refractivity (Wildman–Crippen MR) is 111 cm³/mol. The van der Waals surface area contributed by atoms with Gasteiger partial charge in [0.25, 0.3) is 5.56 Å². The van der Waals surface area contributed by atoms with Gasteiger partial charge in [-0.1, -0.05) is 6.08 Å². The Hall–Kier alpha value is -3.63. The van der Waals surface area contributed by atoms with Crippen molar-refractivity contribution in [3.63, 3.8) is 0 Å². The molecule has 0 aromatic carbocycles. The monoisotopic (exact) mass is 437 g/mol. The van der Waals surface area contributed by atoms with E-state index in [-0.39, 0.29) is 18.5 Å². The summed E-state index contributed by atoms with van der Waals surface area (Å²) in [7, 11) is 1.23. The van der Waals surface area contributed by atoms with E-state index >= 15 is 0 Å². The number of nitrogens with zero attached hydrogens (tertiary/aromatic N) is 1. The van der Waals surface area contributed by atoms with Crippen molar-refractivity contribution in [1.82, 2.24) is 9.88 Å². The van der Waals surface area contributed by atoms with Crippen LogP contribution in [-0.2, 0) is 30.4 Å². The van der Waals surface area contributed by atoms with Gasteiger partial charge in [0.2, 0.25) is 5.91 Å². The van der Waals surface area contributed by atoms with Crippen LogP contribution >= 0.6 is 0 Å². The lowest BCUT2D eigenvalue weighted by atomic mass is 10.1. The van der Waals surface area contributed by atoms with Gasteiger partial charge in [-0.3, -0.25) is 14.4 Å². The number of hydrogen-bond acceptors (Lipinski definition) is 7. The molecule has 0 saturated heterocycles. The van der Waals surface area contributed by atoms with Gasteiger partial charge in [-0.05, 0) is 45.7 Å². The average molecular weight is 437 g/mol. The number of methoxy groups -OCH3 is 1. The maximum absolute atomic E-state index is 12.7. The van der Waals surface area contributed by atoms with Crippen LogP contribution in [0.25, 0.3) is 0 Å². The van der Waals surface area contributed by atoms with E-state index in [0.29, 0.717) is 0 Å². The van der Waals surface area contributed by atoms with E-state index in [1.54, 1.807) is 20.8 Å². The lowest BCUT2D eigenvalue weighted by Crippen LogP contribution is -2.46. The van der Waals surface area contributed by atoms with Crippen LogP contribution in [0.5, 0.6) is 0 Å². The van der Waals surface area contributed by atoms with Crippen LogP contribution in [-0.4, -0.2) is 52.4 Å². The fourth-order valence-electron chi connectivity index (χ4n) is 2.35. The van der Waals surface area contributed by atoms with Crippen molar-refractivity contribution in [1.29, 1.82) is 0 Å². The van der Waals surface area contributed by atoms with Gasteiger partial charge in [0.1, 0.15) is 23.9 Å². The van der Waals surface area contributed by atoms with Crippen molar-refractivity contribution in [2.45, 2.75) is 51.8 Å². The van der Waals surface area contributed by atoms with Gasteiger partial charge in [0.15, 0.2) is 0 Å². The topological polar surface area (TPSA) is 153 Å². The fraction of sp³-hybridized carbons (Fsp3) is 0.450. The summed E-state index contributed by atoms with van der Waals surface area (Å²) in [5.41, 5.74) is -1.64. The van der Waals surface area contributed by atoms with E-state index in [1.807, 2.05) is 0 Å². The number of carboxylic acid groups (broad SMARTS) is 1. The number of ether oxygens (including phenoxy) is 2. The highest BCUT2D eigenvalue weighted by molar-refractivity contribution is 5.96. The summed E-state index contributed by atoms with van der Waals surface area (Å²) < 4.78 is 10.6. The molecule has 1 heterocycles. The zero-order valence-corrected chi connectivity index (χ0v) is 17.8. The Balaban J connectivity index is 2.97. The van der Waals surface area contributed by atoms with Gasteiger partial charge in [0, 0.05) is 12.3 Å². The molecule has 0 spiro atoms. The van der Waals surface area contributed by atoms with Crippen LogP contribution in [0.15, 0.2) is 35.3 Å². The minimum atomic E-state index is -1.22. The standard InChI is InChI=1S/C20H27N3O8/c1-20(2,3)31-19(29)22-13(8-5-6-10-16(26)30-4)17(27)21-14-9-7-11-23(18(14)28)12-15(24)25/h6-7,9-11,13H,5,8,12H2,1-4H3,(H,21,27)(H,22,29)(H,24,25). The number of nitrogens with one attached hydrogen (secondary N) is 2. The van der Waals surface area contributed by atoms with Crippen molar-refractivity contribution in [3.8, 4) is 0 Å². The van der Waals surface area contributed by atoms with E-state index in [4.69, 9.17) is 9.84 Å². The molecular weight excluding hydrogens is 410 g/mol. The second kappa shape index (κ2) is 11.5. The van der Waals surface area contributed by atoms with E-state index in [1.165, 1.54) is 37.6 Å². The molecule has 0 aliphatic carbocycles. The van der Waals surface area contributed by atoms with Crippen molar-refractivity contribution in [2.24, 2.45) is 0 Å². The Bertz CT molecular complexity index is 898. The molecule has 31 heavy (non-hydrogen) atoms. The quantitative estimate of drug-likeness (QED) is 0.386. The Morgan fingerprint density at radius 2 is 1.94 bits per heavy atom. The number of carbonyl (C=O) groups is 4. The normalized spacial score (nSPS) is 12.1. The minimum Gasteiger partial charge on any atom is -0.480 e. The van der Waals surface area contributed by atoms with Crippen molar-refractivity contribution in [2.75, 3.05) is 12.4 Å². The van der Waals surface area contributed by atoms with Gasteiger partial charge in [-0.25, -0.2) is 9.59 Å². The van der Waals surface area contributed by atoms with Crippen LogP contribution in [0, 0.1) is 0 Å². The molecule has 0 aliphatic heterocycles. The Kier molecular flexibility index (Phi) is 9.45. The molecular formula is C20H27N3O8. The number of alkyl carbamates (subject to hydrolysis) is 1. The first-order chi connectivity index (χ1) is 14.4. The third kappa shape index (κ3) is 9.61. The van der Waals surface area contributed by atoms with Crippen LogP contribution in [0.4, 0.5) is 10.5 Å². The maximum atomic E-state index is 12.7. The number of esters is 1. The van der Waals surface area contributed by atoms with Crippen molar-refractivity contribution in [3.05, 3.63) is 40.8 Å². The first-order valence-corrected chi connectivity index (χ1v) is 9.39. The number of aliphatic carboxylic acids is 1. The second-order valence-corrected chi connectivity index (χ2v) is 7.44. The smallest absolute Gasteiger partial charge is 0.408 e. The number of aromatic nitrogens is 1. The van der Waals surface area contributed by atoms with Crippen LogP contribution < -0.4 is 16.2 Å². The maximum Gasteiger partial charge on any atom is 0.408 e. The Morgan fingerprint density at radius 3 is 2.52 bits per heavy atom. The lowest BCUT2D eigenvalue weighted by molar-refractivity contribution is -0.138. The first kappa shape index (κ1) is 25.4. The molecule has 1 atom stereocenters. The third-order valence-electron chi connectivity index (χ3n) is 3.67. The highest BCUT2D eigenvalue weighted by Crippen LogP contribution is 2.09. The molecule has 11 heteroatoms. The number of rotatable bonds is 9. The fourth-order valence-corrected chi connectivity index (χ4v) is 2.35. The molecule has 1 aromatic heterocycles. The number of hydrogen-bond donors (Lipinski definition) is 3. The molecule has 170 valence electrons. The summed E-state index contributed by atoms with van der Waals surface area (Å²) in [6.07, 6.45) is 3.44. The Labute approximate surface area is 179 Å². The van der Waals surface area contributed by atoms with Gasteiger partial charge < -0.3 is 29.8 Å². The van der Waals surface area contributed by atoms with Gasteiger partial charge in [0.05, 0.1) is 7.11 Å². The summed E-state index contributed by atoms with van der Waals surface area (Å²) in [5.74, 6) is -2.49. The van der Waals surface area contributed by atoms with Crippen LogP contribution in [0.3, 0.4) is 0 Å². The molecule has 0 bridgehead atoms. The second-order valence-electron chi connectivity index (χ2n) is 7.44. The van der Waals surface area contributed by atoms with Gasteiger partial charge >= 0.3 is 18.0 Å². The lowest BCUT2D eigenvalue weighted by Gasteiger charge is -2.23. The number of carboxylic acids is 1. The number of anilines is 1. The highest BCUT2D eigenvalue weighted by atomic mass is 16.6. The average Bonchev–Trinajstić information content (AvgIpc) is 2.65. The third-order valence-corrected chi connectivity index (χ3v) is 3.67. The molecule has 11 nitrogen and oxygen atoms in total. The molecule has 3 N–H and O–H groups in total. The van der Waals surface area contributed by atoms with E-state index in [0.717, 1.165) is 4.57 Å². The molecule has 2 amide bonds. The van der Waals surface area contributed by atoms with Gasteiger partial charge in [-0.15, -0.1) is 0 Å². The summed E-state index contributed by atoms with van der Waals surface area (Å²) in [6, 6.07) is 1.64. The number of amides is 2. The zero-order valence-electron chi connectivity index (χ0n) is 17.8. The Morgan fingerprint density at radius 1 is 1.26 bits per heavy atom. The molecule has 0 aliphatic rings. The minimum absolute atomic E-state index is 0.0920. The summed E-state index contributed by atoms with van der Waals surface area (Å²) in [6.45, 7) is 4.42. The highest BCUT2D eigenvalue weighted by Gasteiger charge is 2.24.